The van der Waals surface area contributed by atoms with Crippen molar-refractivity contribution in [3.8, 4) is 11.5 Å². The van der Waals surface area contributed by atoms with Crippen molar-refractivity contribution in [2.45, 2.75) is 19.8 Å². The van der Waals surface area contributed by atoms with Gasteiger partial charge in [-0.3, -0.25) is 0 Å². The Morgan fingerprint density at radius 3 is 2.50 bits per heavy atom. The van der Waals surface area contributed by atoms with Gasteiger partial charge in [0.2, 0.25) is 5.82 Å². The van der Waals surface area contributed by atoms with Crippen LogP contribution in [0.4, 0.5) is 4.39 Å². The molecule has 1 aromatic carbocycles. The third kappa shape index (κ3) is 1.65. The first-order valence-corrected chi connectivity index (χ1v) is 4.40. The van der Waals surface area contributed by atoms with Crippen molar-refractivity contribution >= 4 is 0 Å². The van der Waals surface area contributed by atoms with E-state index in [4.69, 9.17) is 5.73 Å². The van der Waals surface area contributed by atoms with Gasteiger partial charge in [0.05, 0.1) is 0 Å². The summed E-state index contributed by atoms with van der Waals surface area (Å²) < 4.78 is 13.2. The molecule has 0 heterocycles. The molecule has 0 aliphatic rings. The second-order valence-electron chi connectivity index (χ2n) is 3.43. The highest BCUT2D eigenvalue weighted by molar-refractivity contribution is 5.47. The van der Waals surface area contributed by atoms with Gasteiger partial charge in [0.25, 0.3) is 0 Å². The molecule has 0 aliphatic heterocycles. The van der Waals surface area contributed by atoms with Crippen molar-refractivity contribution in [1.82, 2.24) is 0 Å². The number of rotatable bonds is 2. The van der Waals surface area contributed by atoms with Crippen LogP contribution >= 0.6 is 0 Å². The first-order valence-electron chi connectivity index (χ1n) is 4.40. The summed E-state index contributed by atoms with van der Waals surface area (Å²) in [6.07, 6.45) is 0. The van der Waals surface area contributed by atoms with Crippen LogP contribution in [0, 0.1) is 12.7 Å². The Bertz CT molecular complexity index is 352. The van der Waals surface area contributed by atoms with Crippen molar-refractivity contribution in [3.05, 3.63) is 23.0 Å². The van der Waals surface area contributed by atoms with E-state index in [9.17, 15) is 14.6 Å². The van der Waals surface area contributed by atoms with E-state index < -0.39 is 17.3 Å². The minimum absolute atomic E-state index is 0.135. The molecule has 1 rings (SSSR count). The standard InChI is InChI=1S/C10H14FNO2/c1-5-3-7(6(2)4-12)10(14)8(11)9(5)13/h3,6,13-14H,4,12H2,1-2H3. The Hall–Kier alpha value is -1.29. The number of aryl methyl sites for hydroxylation is 1. The lowest BCUT2D eigenvalue weighted by Gasteiger charge is -2.13. The van der Waals surface area contributed by atoms with E-state index >= 15 is 0 Å². The summed E-state index contributed by atoms with van der Waals surface area (Å²) in [4.78, 5) is 0. The molecule has 0 amide bonds. The van der Waals surface area contributed by atoms with Crippen LogP contribution in [0.15, 0.2) is 6.07 Å². The number of phenols is 2. The monoisotopic (exact) mass is 199 g/mol. The molecule has 0 spiro atoms. The van der Waals surface area contributed by atoms with Crippen LogP contribution in [0.2, 0.25) is 0 Å². The number of phenolic OH excluding ortho intramolecular Hbond substituents is 2. The van der Waals surface area contributed by atoms with Crippen molar-refractivity contribution in [2.24, 2.45) is 5.73 Å². The maximum atomic E-state index is 13.2. The Labute approximate surface area is 82.0 Å². The smallest absolute Gasteiger partial charge is 0.206 e. The molecule has 78 valence electrons. The van der Waals surface area contributed by atoms with Gasteiger partial charge in [-0.05, 0) is 31.0 Å². The number of halogens is 1. The fraction of sp³-hybridized carbons (Fsp3) is 0.400. The van der Waals surface area contributed by atoms with Gasteiger partial charge in [0.15, 0.2) is 11.5 Å². The summed E-state index contributed by atoms with van der Waals surface area (Å²) in [7, 11) is 0. The highest BCUT2D eigenvalue weighted by atomic mass is 19.1. The number of hydrogen-bond donors (Lipinski definition) is 3. The lowest BCUT2D eigenvalue weighted by molar-refractivity contribution is 0.381. The number of nitrogens with two attached hydrogens (primary N) is 1. The fourth-order valence-corrected chi connectivity index (χ4v) is 1.28. The van der Waals surface area contributed by atoms with Crippen LogP contribution in [-0.4, -0.2) is 16.8 Å². The molecule has 0 radical (unpaired) electrons. The van der Waals surface area contributed by atoms with Gasteiger partial charge >= 0.3 is 0 Å². The predicted octanol–water partition coefficient (Wildman–Crippen LogP) is 1.61. The van der Waals surface area contributed by atoms with Crippen LogP contribution in [0.1, 0.15) is 24.0 Å². The lowest BCUT2D eigenvalue weighted by Crippen LogP contribution is -2.09. The summed E-state index contributed by atoms with van der Waals surface area (Å²) >= 11 is 0. The number of benzene rings is 1. The Morgan fingerprint density at radius 2 is 2.00 bits per heavy atom. The lowest BCUT2D eigenvalue weighted by atomic mass is 9.97. The average molecular weight is 199 g/mol. The van der Waals surface area contributed by atoms with E-state index in [-0.39, 0.29) is 5.92 Å². The van der Waals surface area contributed by atoms with E-state index in [1.165, 1.54) is 0 Å². The zero-order chi connectivity index (χ0) is 10.9. The van der Waals surface area contributed by atoms with Gasteiger partial charge in [-0.1, -0.05) is 6.92 Å². The highest BCUT2D eigenvalue weighted by Gasteiger charge is 2.18. The minimum atomic E-state index is -0.972. The molecule has 4 N–H and O–H groups in total. The molecule has 4 heteroatoms. The molecule has 0 saturated carbocycles. The van der Waals surface area contributed by atoms with E-state index in [1.807, 2.05) is 0 Å². The quantitative estimate of drug-likeness (QED) is 0.677. The van der Waals surface area contributed by atoms with Gasteiger partial charge in [0, 0.05) is 5.56 Å². The number of aromatic hydroxyl groups is 2. The molecular formula is C10H14FNO2. The molecule has 0 aliphatic carbocycles. The van der Waals surface area contributed by atoms with Gasteiger partial charge in [-0.15, -0.1) is 0 Å². The normalized spacial score (nSPS) is 12.9. The predicted molar refractivity (Wildman–Crippen MR) is 51.9 cm³/mol. The summed E-state index contributed by atoms with van der Waals surface area (Å²) in [5.74, 6) is -2.12. The van der Waals surface area contributed by atoms with Gasteiger partial charge in [-0.2, -0.15) is 4.39 Å². The molecule has 0 saturated heterocycles. The topological polar surface area (TPSA) is 66.5 Å². The fourth-order valence-electron chi connectivity index (χ4n) is 1.28. The van der Waals surface area contributed by atoms with Crippen molar-refractivity contribution < 1.29 is 14.6 Å². The molecule has 0 fully saturated rings. The van der Waals surface area contributed by atoms with E-state index in [0.717, 1.165) is 0 Å². The molecule has 0 aromatic heterocycles. The van der Waals surface area contributed by atoms with Crippen LogP contribution < -0.4 is 5.73 Å². The van der Waals surface area contributed by atoms with E-state index in [1.54, 1.807) is 19.9 Å². The zero-order valence-electron chi connectivity index (χ0n) is 8.21. The Kier molecular flexibility index (Phi) is 2.96. The van der Waals surface area contributed by atoms with E-state index in [0.29, 0.717) is 17.7 Å². The van der Waals surface area contributed by atoms with Crippen molar-refractivity contribution in [2.75, 3.05) is 6.54 Å². The zero-order valence-corrected chi connectivity index (χ0v) is 8.21. The second-order valence-corrected chi connectivity index (χ2v) is 3.43. The molecular weight excluding hydrogens is 185 g/mol. The van der Waals surface area contributed by atoms with E-state index in [2.05, 4.69) is 0 Å². The minimum Gasteiger partial charge on any atom is -0.505 e. The SMILES string of the molecule is Cc1cc(C(C)CN)c(O)c(F)c1O. The molecule has 0 bridgehead atoms. The maximum Gasteiger partial charge on any atom is 0.206 e. The van der Waals surface area contributed by atoms with Crippen LogP contribution in [0.25, 0.3) is 0 Å². The summed E-state index contributed by atoms with van der Waals surface area (Å²) in [5, 5.41) is 18.6. The summed E-state index contributed by atoms with van der Waals surface area (Å²) in [6, 6.07) is 1.55. The first kappa shape index (κ1) is 10.8. The van der Waals surface area contributed by atoms with Gasteiger partial charge in [0.1, 0.15) is 0 Å². The van der Waals surface area contributed by atoms with Crippen LogP contribution in [-0.2, 0) is 0 Å². The number of hydrogen-bond acceptors (Lipinski definition) is 3. The van der Waals surface area contributed by atoms with Crippen molar-refractivity contribution in [1.29, 1.82) is 0 Å². The highest BCUT2D eigenvalue weighted by Crippen LogP contribution is 2.35. The molecule has 14 heavy (non-hydrogen) atoms. The average Bonchev–Trinajstić information content (AvgIpc) is 2.19. The molecule has 1 aromatic rings. The largest absolute Gasteiger partial charge is 0.505 e. The molecule has 1 atom stereocenters. The van der Waals surface area contributed by atoms with Crippen LogP contribution in [0.3, 0.4) is 0 Å². The van der Waals surface area contributed by atoms with Crippen molar-refractivity contribution in [3.63, 3.8) is 0 Å². The maximum absolute atomic E-state index is 13.2. The first-order chi connectivity index (χ1) is 6.49. The summed E-state index contributed by atoms with van der Waals surface area (Å²) in [6.45, 7) is 3.67. The van der Waals surface area contributed by atoms with Gasteiger partial charge in [-0.25, -0.2) is 0 Å². The third-order valence-electron chi connectivity index (χ3n) is 2.32. The van der Waals surface area contributed by atoms with Gasteiger partial charge < -0.3 is 15.9 Å². The third-order valence-corrected chi connectivity index (χ3v) is 2.32. The molecule has 1 unspecified atom stereocenters. The van der Waals surface area contributed by atoms with Crippen LogP contribution in [0.5, 0.6) is 11.5 Å². The molecule has 3 nitrogen and oxygen atoms in total. The summed E-state index contributed by atoms with van der Waals surface area (Å²) in [5.41, 5.74) is 6.24. The Morgan fingerprint density at radius 1 is 1.43 bits per heavy atom. The Balaban J connectivity index is 3.33. The second kappa shape index (κ2) is 3.84.